The summed E-state index contributed by atoms with van der Waals surface area (Å²) in [5.74, 6) is 0. The highest BCUT2D eigenvalue weighted by molar-refractivity contribution is 9.11. The average Bonchev–Trinajstić information content (AvgIpc) is 0.708. The van der Waals surface area contributed by atoms with Gasteiger partial charge in [-0.2, -0.15) is 0 Å². The van der Waals surface area contributed by atoms with Crippen molar-refractivity contribution in [3.63, 3.8) is 0 Å². The van der Waals surface area contributed by atoms with Crippen LogP contribution >= 0.6 is 63.7 Å². The summed E-state index contributed by atoms with van der Waals surface area (Å²) in [5.41, 5.74) is 16.2. The second kappa shape index (κ2) is 36.1. The van der Waals surface area contributed by atoms with Gasteiger partial charge in [-0.15, -0.1) is 0 Å². The largest absolute Gasteiger partial charge is 0.489 e. The van der Waals surface area contributed by atoms with Crippen LogP contribution < -0.4 is 10.9 Å². The molecule has 130 heavy (non-hydrogen) atoms. The van der Waals surface area contributed by atoms with E-state index in [0.717, 1.165) is 39.4 Å². The average molecular weight is 1930 g/mol. The summed E-state index contributed by atoms with van der Waals surface area (Å²) in [7, 11) is -2.82. The first kappa shape index (κ1) is 83.2. The molecular formula is C120H78B2Br4O4. The maximum Gasteiger partial charge on any atom is 0.489 e. The minimum Gasteiger partial charge on any atom is -0.423 e. The molecule has 4 N–H and O–H groups in total. The number of fused-ring (bicyclic) bond motifs is 2. The predicted molar refractivity (Wildman–Crippen MR) is 572 cm³/mol. The maximum atomic E-state index is 9.74. The van der Waals surface area contributed by atoms with Gasteiger partial charge >= 0.3 is 14.2 Å². The third-order valence-corrected chi connectivity index (χ3v) is 28.1. The summed E-state index contributed by atoms with van der Waals surface area (Å²) in [6.45, 7) is 0. The van der Waals surface area contributed by atoms with Gasteiger partial charge in [-0.1, -0.05) is 488 Å². The van der Waals surface area contributed by atoms with Crippen LogP contribution in [0.3, 0.4) is 0 Å². The molecule has 0 unspecified atom stereocenters. The molecular weight excluding hydrogens is 1850 g/mol. The highest BCUT2D eigenvalue weighted by Gasteiger charge is 2.23. The van der Waals surface area contributed by atoms with E-state index >= 15 is 0 Å². The number of halogens is 4. The minimum absolute atomic E-state index is 0.525. The van der Waals surface area contributed by atoms with Crippen molar-refractivity contribution >= 4 is 240 Å². The molecule has 26 rings (SSSR count). The van der Waals surface area contributed by atoms with Gasteiger partial charge in [-0.25, -0.2) is 0 Å². The van der Waals surface area contributed by atoms with Crippen molar-refractivity contribution in [2.75, 3.05) is 0 Å². The molecule has 26 aromatic carbocycles. The molecule has 0 radical (unpaired) electrons. The van der Waals surface area contributed by atoms with Gasteiger partial charge in [-0.05, 0) is 247 Å². The van der Waals surface area contributed by atoms with Crippen molar-refractivity contribution < 1.29 is 20.1 Å². The molecule has 0 atom stereocenters. The second-order valence-corrected chi connectivity index (χ2v) is 36.2. The first-order valence-electron chi connectivity index (χ1n) is 43.4. The Morgan fingerprint density at radius 3 is 0.715 bits per heavy atom. The first-order valence-corrected chi connectivity index (χ1v) is 46.5. The molecule has 0 fully saturated rings. The van der Waals surface area contributed by atoms with Gasteiger partial charge in [0.15, 0.2) is 0 Å². The Morgan fingerprint density at radius 1 is 0.138 bits per heavy atom. The lowest BCUT2D eigenvalue weighted by atomic mass is 9.75. The quantitative estimate of drug-likeness (QED) is 0.0903. The molecule has 0 spiro atoms. The summed E-state index contributed by atoms with van der Waals surface area (Å²) in [6.07, 6.45) is 0. The molecule has 0 aliphatic carbocycles. The number of rotatable bonds is 8. The molecule has 0 saturated carbocycles. The van der Waals surface area contributed by atoms with Gasteiger partial charge in [0.2, 0.25) is 0 Å². The Morgan fingerprint density at radius 2 is 0.377 bits per heavy atom. The van der Waals surface area contributed by atoms with E-state index in [2.05, 4.69) is 440 Å². The van der Waals surface area contributed by atoms with Crippen molar-refractivity contribution in [1.82, 2.24) is 0 Å². The van der Waals surface area contributed by atoms with E-state index in [0.29, 0.717) is 10.9 Å². The van der Waals surface area contributed by atoms with Crippen molar-refractivity contribution in [3.05, 3.63) is 467 Å². The van der Waals surface area contributed by atoms with Gasteiger partial charge in [0, 0.05) is 23.3 Å². The zero-order valence-corrected chi connectivity index (χ0v) is 76.5. The van der Waals surface area contributed by atoms with Crippen LogP contribution in [0.4, 0.5) is 0 Å². The van der Waals surface area contributed by atoms with Crippen molar-refractivity contribution in [2.45, 2.75) is 0 Å². The molecule has 0 aromatic heterocycles. The molecule has 0 amide bonds. The fraction of sp³-hybridized carbons (Fsp3) is 0. The van der Waals surface area contributed by atoms with E-state index in [-0.39, 0.29) is 0 Å². The van der Waals surface area contributed by atoms with Crippen molar-refractivity contribution in [3.8, 4) is 66.8 Å². The molecule has 4 nitrogen and oxygen atoms in total. The zero-order valence-electron chi connectivity index (χ0n) is 70.2. The normalized spacial score (nSPS) is 11.4. The van der Waals surface area contributed by atoms with Crippen LogP contribution in [-0.4, -0.2) is 34.3 Å². The molecule has 616 valence electrons. The first-order chi connectivity index (χ1) is 63.8. The monoisotopic (exact) mass is 1920 g/mol. The van der Waals surface area contributed by atoms with E-state index < -0.39 is 14.2 Å². The third-order valence-electron chi connectivity index (χ3n) is 25.4. The Kier molecular flexibility index (Phi) is 23.1. The third kappa shape index (κ3) is 15.6. The van der Waals surface area contributed by atoms with E-state index in [9.17, 15) is 10.0 Å². The van der Waals surface area contributed by atoms with Crippen LogP contribution in [-0.2, 0) is 0 Å². The Labute approximate surface area is 786 Å². The van der Waals surface area contributed by atoms with Gasteiger partial charge in [0.1, 0.15) is 0 Å². The molecule has 0 heterocycles. The summed E-state index contributed by atoms with van der Waals surface area (Å²) in [6, 6.07) is 158. The van der Waals surface area contributed by atoms with E-state index in [4.69, 9.17) is 10.0 Å². The summed E-state index contributed by atoms with van der Waals surface area (Å²) >= 11 is 14.6. The van der Waals surface area contributed by atoms with Gasteiger partial charge in [-0.3, -0.25) is 0 Å². The van der Waals surface area contributed by atoms with Crippen LogP contribution in [0.15, 0.2) is 467 Å². The second-order valence-electron chi connectivity index (χ2n) is 32.8. The number of benzene rings is 26. The summed E-state index contributed by atoms with van der Waals surface area (Å²) in [4.78, 5) is 0. The fourth-order valence-electron chi connectivity index (χ4n) is 19.4. The van der Waals surface area contributed by atoms with Gasteiger partial charge < -0.3 is 20.1 Å². The van der Waals surface area contributed by atoms with Crippen LogP contribution in [0.5, 0.6) is 0 Å². The Hall–Kier alpha value is -13.7. The minimum atomic E-state index is -1.47. The standard InChI is InChI=1S/C38H24.C22H15BO2.C22H13Br.C16H8Br2.C16H11Br.C6H7BO2/c1-3-9-25(10-4-1)30-21-17-28-20-24-35-32(22-18-29-19-23-34(30)37(28)38(29)35)33-16-8-14-27-13-7-15-31(36(27)33)26-11-5-2-6-12-26;24-23(25)20-13-9-16-7-11-18-17(14-4-2-1-3-5-14)10-6-15-8-12-19(20)22(16)21(15)18;23-20-13-9-16-7-11-18-17(14-4-2-1-3-5-14)10-6-15-8-12-19(20)22(16)21(15)18;17-13-8-4-10-2-6-12-14(18)7-3-9-1-5-11(13)16(10)15(9)12;17-15-11-5-9-13-8-4-10-14(16(13)15)12-6-2-1-3-7-12;8-7(9)6-4-2-1-3-5-6/h1-24H;1-13,24-25H;1-13H;1-8H;1-11H;1-5,8-9H. The van der Waals surface area contributed by atoms with Crippen LogP contribution in [0.2, 0.25) is 0 Å². The molecule has 26 aromatic rings. The van der Waals surface area contributed by atoms with Crippen molar-refractivity contribution in [1.29, 1.82) is 0 Å². The Balaban J connectivity index is 0.0000000987. The number of hydrogen-bond acceptors (Lipinski definition) is 4. The fourth-order valence-corrected chi connectivity index (χ4v) is 21.4. The molecule has 10 heteroatoms. The molecule has 0 saturated heterocycles. The van der Waals surface area contributed by atoms with E-state index in [1.165, 1.54) is 196 Å². The van der Waals surface area contributed by atoms with Crippen LogP contribution in [0.1, 0.15) is 0 Å². The predicted octanol–water partition coefficient (Wildman–Crippen LogP) is 32.4. The summed E-state index contributed by atoms with van der Waals surface area (Å²) in [5, 5.41) is 72.1. The maximum absolute atomic E-state index is 9.74. The highest BCUT2D eigenvalue weighted by atomic mass is 79.9. The zero-order chi connectivity index (χ0) is 88.0. The molecule has 0 bridgehead atoms. The van der Waals surface area contributed by atoms with Crippen LogP contribution in [0.25, 0.3) is 218 Å². The molecule has 0 aliphatic rings. The van der Waals surface area contributed by atoms with Crippen LogP contribution in [0, 0.1) is 0 Å². The van der Waals surface area contributed by atoms with Crippen molar-refractivity contribution in [2.24, 2.45) is 0 Å². The smallest absolute Gasteiger partial charge is 0.423 e. The SMILES string of the molecule is Brc1ccc2ccc3c(-c4ccccc4)ccc4ccc1c2c43.Brc1ccc2ccc3c(Br)ccc4ccc1c2c43.Brc1cccc2cccc(-c3ccccc3)c12.OB(O)c1ccc2ccc3c(-c4ccccc4)ccc4ccc1c2c43.OB(O)c1ccccc1.c1ccc(-c2ccc3ccc4c(-c5cccc6cccc(-c7ccccc7)c56)ccc5ccc2c3c54)cc1. The topological polar surface area (TPSA) is 80.9 Å². The van der Waals surface area contributed by atoms with Gasteiger partial charge in [0.25, 0.3) is 0 Å². The lowest BCUT2D eigenvalue weighted by Gasteiger charge is -2.18. The number of hydrogen-bond donors (Lipinski definition) is 4. The van der Waals surface area contributed by atoms with E-state index in [1.54, 1.807) is 30.3 Å². The van der Waals surface area contributed by atoms with E-state index in [1.807, 2.05) is 42.5 Å². The van der Waals surface area contributed by atoms with Gasteiger partial charge in [0.05, 0.1) is 0 Å². The highest BCUT2D eigenvalue weighted by Crippen LogP contribution is 2.48. The lowest BCUT2D eigenvalue weighted by Crippen LogP contribution is -2.30. The Bertz CT molecular complexity index is 8560. The summed E-state index contributed by atoms with van der Waals surface area (Å²) < 4.78 is 4.62. The molecule has 0 aliphatic heterocycles. The lowest BCUT2D eigenvalue weighted by molar-refractivity contribution is 0.424.